The van der Waals surface area contributed by atoms with Gasteiger partial charge < -0.3 is 16.4 Å². The summed E-state index contributed by atoms with van der Waals surface area (Å²) in [5.41, 5.74) is 10.2. The van der Waals surface area contributed by atoms with Crippen LogP contribution in [0.4, 0.5) is 0 Å². The summed E-state index contributed by atoms with van der Waals surface area (Å²) in [6.07, 6.45) is 0. The van der Waals surface area contributed by atoms with Gasteiger partial charge in [0.2, 0.25) is 5.96 Å². The Morgan fingerprint density at radius 1 is 1.29 bits per heavy atom. The zero-order chi connectivity index (χ0) is 10.8. The minimum atomic E-state index is -2.93. The van der Waals surface area contributed by atoms with Gasteiger partial charge in [-0.3, -0.25) is 5.41 Å². The number of rotatable bonds is 0. The molecule has 1 aliphatic heterocycles. The lowest BCUT2D eigenvalue weighted by Gasteiger charge is -2.26. The fourth-order valence-electron chi connectivity index (χ4n) is 1.12. The van der Waals surface area contributed by atoms with Crippen LogP contribution >= 0.6 is 0 Å². The summed E-state index contributed by atoms with van der Waals surface area (Å²) >= 11 is 0. The van der Waals surface area contributed by atoms with Crippen LogP contribution in [0, 0.1) is 5.41 Å². The van der Waals surface area contributed by atoms with Gasteiger partial charge >= 0.3 is 0 Å². The maximum absolute atomic E-state index is 11.1. The van der Waals surface area contributed by atoms with Gasteiger partial charge in [-0.2, -0.15) is 4.99 Å². The predicted molar refractivity (Wildman–Crippen MR) is 53.8 cm³/mol. The van der Waals surface area contributed by atoms with Crippen molar-refractivity contribution in [3.8, 4) is 0 Å². The molecule has 0 radical (unpaired) electrons. The lowest BCUT2D eigenvalue weighted by molar-refractivity contribution is 0.436. The van der Waals surface area contributed by atoms with Crippen molar-refractivity contribution in [1.29, 1.82) is 5.41 Å². The number of sulfone groups is 1. The third-order valence-electron chi connectivity index (χ3n) is 1.88. The number of hydrogen-bond acceptors (Lipinski definition) is 3. The van der Waals surface area contributed by atoms with E-state index in [1.165, 1.54) is 4.90 Å². The normalized spacial score (nSPS) is 20.1. The van der Waals surface area contributed by atoms with Crippen LogP contribution in [0.25, 0.3) is 0 Å². The van der Waals surface area contributed by atoms with Gasteiger partial charge in [0, 0.05) is 13.1 Å². The summed E-state index contributed by atoms with van der Waals surface area (Å²) in [6.45, 7) is 0.551. The summed E-state index contributed by atoms with van der Waals surface area (Å²) in [5, 5.41) is 7.43. The number of nitrogens with one attached hydrogen (secondary N) is 1. The molecule has 0 bridgehead atoms. The quantitative estimate of drug-likeness (QED) is 0.318. The number of nitrogens with zero attached hydrogens (tertiary/aromatic N) is 2. The minimum absolute atomic E-state index is 0.0510. The van der Waals surface area contributed by atoms with Crippen molar-refractivity contribution in [3.63, 3.8) is 0 Å². The van der Waals surface area contributed by atoms with Crippen molar-refractivity contribution >= 4 is 21.8 Å². The Hall–Kier alpha value is -1.31. The molecule has 0 aromatic heterocycles. The first-order valence-corrected chi connectivity index (χ1v) is 5.86. The van der Waals surface area contributed by atoms with Crippen LogP contribution < -0.4 is 11.5 Å². The van der Waals surface area contributed by atoms with E-state index in [1.807, 2.05) is 0 Å². The van der Waals surface area contributed by atoms with E-state index in [1.54, 1.807) is 0 Å². The van der Waals surface area contributed by atoms with Crippen molar-refractivity contribution in [2.45, 2.75) is 0 Å². The molecule has 0 aromatic carbocycles. The van der Waals surface area contributed by atoms with E-state index >= 15 is 0 Å². The Labute approximate surface area is 82.2 Å². The summed E-state index contributed by atoms with van der Waals surface area (Å²) in [5.74, 6) is -0.173. The lowest BCUT2D eigenvalue weighted by Crippen LogP contribution is -2.43. The molecule has 80 valence electrons. The molecule has 1 saturated heterocycles. The molecule has 0 aromatic rings. The van der Waals surface area contributed by atoms with Crippen LogP contribution in [0.1, 0.15) is 0 Å². The highest BCUT2D eigenvalue weighted by atomic mass is 32.2. The van der Waals surface area contributed by atoms with Gasteiger partial charge in [0.15, 0.2) is 15.8 Å². The topological polar surface area (TPSA) is 126 Å². The second-order valence-corrected chi connectivity index (χ2v) is 5.30. The van der Waals surface area contributed by atoms with Gasteiger partial charge in [0.1, 0.15) is 0 Å². The Morgan fingerprint density at radius 2 is 1.79 bits per heavy atom. The molecule has 1 heterocycles. The van der Waals surface area contributed by atoms with Crippen LogP contribution in [-0.2, 0) is 9.84 Å². The minimum Gasteiger partial charge on any atom is -0.370 e. The van der Waals surface area contributed by atoms with Crippen molar-refractivity contribution in [1.82, 2.24) is 4.90 Å². The first-order valence-electron chi connectivity index (χ1n) is 4.04. The molecular formula is C6H13N5O2S. The predicted octanol–water partition coefficient (Wildman–Crippen LogP) is -2.08. The van der Waals surface area contributed by atoms with E-state index in [9.17, 15) is 8.42 Å². The van der Waals surface area contributed by atoms with Crippen molar-refractivity contribution < 1.29 is 8.42 Å². The zero-order valence-corrected chi connectivity index (χ0v) is 8.42. The lowest BCUT2D eigenvalue weighted by atomic mass is 10.5. The van der Waals surface area contributed by atoms with Crippen molar-refractivity contribution in [2.75, 3.05) is 24.6 Å². The van der Waals surface area contributed by atoms with Crippen LogP contribution in [-0.4, -0.2) is 49.8 Å². The van der Waals surface area contributed by atoms with E-state index in [2.05, 4.69) is 4.99 Å². The van der Waals surface area contributed by atoms with Crippen molar-refractivity contribution in [2.24, 2.45) is 16.5 Å². The largest absolute Gasteiger partial charge is 0.370 e. The molecule has 0 amide bonds. The smallest absolute Gasteiger partial charge is 0.221 e. The summed E-state index contributed by atoms with van der Waals surface area (Å²) < 4.78 is 22.1. The molecule has 5 N–H and O–H groups in total. The molecule has 0 spiro atoms. The Kier molecular flexibility index (Phi) is 2.94. The Balaban J connectivity index is 2.59. The molecule has 0 unspecified atom stereocenters. The van der Waals surface area contributed by atoms with E-state index in [4.69, 9.17) is 16.9 Å². The van der Waals surface area contributed by atoms with E-state index in [-0.39, 0.29) is 36.5 Å². The van der Waals surface area contributed by atoms with Crippen LogP contribution in [0.2, 0.25) is 0 Å². The number of guanidine groups is 2. The van der Waals surface area contributed by atoms with Gasteiger partial charge in [0.25, 0.3) is 0 Å². The first kappa shape index (κ1) is 10.8. The van der Waals surface area contributed by atoms with Gasteiger partial charge in [0.05, 0.1) is 11.5 Å². The van der Waals surface area contributed by atoms with Gasteiger partial charge in [-0.15, -0.1) is 0 Å². The Morgan fingerprint density at radius 3 is 2.21 bits per heavy atom. The van der Waals surface area contributed by atoms with Gasteiger partial charge in [-0.05, 0) is 0 Å². The molecular weight excluding hydrogens is 206 g/mol. The molecule has 7 nitrogen and oxygen atoms in total. The third kappa shape index (κ3) is 2.87. The van der Waals surface area contributed by atoms with E-state index in [0.717, 1.165) is 0 Å². The average Bonchev–Trinajstić information content (AvgIpc) is 2.02. The molecule has 0 saturated carbocycles. The maximum atomic E-state index is 11.1. The number of hydrogen-bond donors (Lipinski definition) is 3. The molecule has 1 rings (SSSR count). The van der Waals surface area contributed by atoms with E-state index in [0.29, 0.717) is 0 Å². The molecule has 1 aliphatic rings. The summed E-state index contributed by atoms with van der Waals surface area (Å²) in [7, 11) is -2.93. The molecule has 1 fully saturated rings. The highest BCUT2D eigenvalue weighted by molar-refractivity contribution is 7.91. The molecule has 0 atom stereocenters. The maximum Gasteiger partial charge on any atom is 0.221 e. The highest BCUT2D eigenvalue weighted by Gasteiger charge is 2.22. The van der Waals surface area contributed by atoms with Crippen LogP contribution in [0.3, 0.4) is 0 Å². The second-order valence-electron chi connectivity index (χ2n) is 3.00. The average molecular weight is 219 g/mol. The summed E-state index contributed by atoms with van der Waals surface area (Å²) in [4.78, 5) is 5.06. The highest BCUT2D eigenvalue weighted by Crippen LogP contribution is 2.04. The SMILES string of the molecule is N=C(N=C(N)N)N1CCS(=O)(=O)CC1. The van der Waals surface area contributed by atoms with Crippen LogP contribution in [0.15, 0.2) is 4.99 Å². The second kappa shape index (κ2) is 3.82. The molecule has 0 aliphatic carbocycles. The fraction of sp³-hybridized carbons (Fsp3) is 0.667. The standard InChI is InChI=1S/C6H13N5O2S/c7-5(8)10-6(9)11-1-3-14(12,13)4-2-11/h1-4H2,(H5,7,8,9,10). The van der Waals surface area contributed by atoms with E-state index < -0.39 is 9.84 Å². The Bertz CT molecular complexity index is 342. The number of aliphatic imine (C=N–C) groups is 1. The number of nitrogens with two attached hydrogens (primary N) is 2. The molecule has 8 heteroatoms. The van der Waals surface area contributed by atoms with Crippen LogP contribution in [0.5, 0.6) is 0 Å². The fourth-order valence-corrected chi connectivity index (χ4v) is 2.32. The monoisotopic (exact) mass is 219 g/mol. The van der Waals surface area contributed by atoms with Gasteiger partial charge in [-0.25, -0.2) is 8.42 Å². The molecule has 14 heavy (non-hydrogen) atoms. The van der Waals surface area contributed by atoms with Gasteiger partial charge in [-0.1, -0.05) is 0 Å². The zero-order valence-electron chi connectivity index (χ0n) is 7.60. The summed E-state index contributed by atoms with van der Waals surface area (Å²) in [6, 6.07) is 0. The van der Waals surface area contributed by atoms with Crippen molar-refractivity contribution in [3.05, 3.63) is 0 Å². The third-order valence-corrected chi connectivity index (χ3v) is 3.49. The first-order chi connectivity index (χ1) is 6.41.